The minimum atomic E-state index is -0.101. The van der Waals surface area contributed by atoms with Crippen LogP contribution in [0, 0.1) is 0 Å². The van der Waals surface area contributed by atoms with E-state index in [1.807, 2.05) is 0 Å². The minimum absolute atomic E-state index is 0.101. The van der Waals surface area contributed by atoms with Gasteiger partial charge in [0.2, 0.25) is 0 Å². The molecule has 1 rings (SSSR count). The highest BCUT2D eigenvalue weighted by Gasteiger charge is 2.23. The second kappa shape index (κ2) is 6.99. The lowest BCUT2D eigenvalue weighted by molar-refractivity contribution is -0.117. The van der Waals surface area contributed by atoms with Gasteiger partial charge in [0.25, 0.3) is 0 Å². The summed E-state index contributed by atoms with van der Waals surface area (Å²) < 4.78 is 5.55. The van der Waals surface area contributed by atoms with Gasteiger partial charge in [-0.05, 0) is 19.3 Å². The highest BCUT2D eigenvalue weighted by molar-refractivity contribution is 5.56. The van der Waals surface area contributed by atoms with Crippen molar-refractivity contribution < 1.29 is 9.53 Å². The number of aldehydes is 1. The topological polar surface area (TPSA) is 26.3 Å². The molecule has 2 heteroatoms. The van der Waals surface area contributed by atoms with Crippen LogP contribution in [-0.4, -0.2) is 18.5 Å². The molecule has 1 fully saturated rings. The molecule has 0 spiro atoms. The van der Waals surface area contributed by atoms with Gasteiger partial charge in [0.15, 0.2) is 0 Å². The van der Waals surface area contributed by atoms with Gasteiger partial charge >= 0.3 is 0 Å². The lowest BCUT2D eigenvalue weighted by atomic mass is 10.1. The summed E-state index contributed by atoms with van der Waals surface area (Å²) in [6.45, 7) is 2.23. The van der Waals surface area contributed by atoms with Crippen LogP contribution >= 0.6 is 0 Å². The van der Waals surface area contributed by atoms with E-state index >= 15 is 0 Å². The van der Waals surface area contributed by atoms with E-state index in [-0.39, 0.29) is 6.10 Å². The third kappa shape index (κ3) is 4.23. The number of carbonyl (C=O) groups excluding carboxylic acids is 1. The summed E-state index contributed by atoms with van der Waals surface area (Å²) >= 11 is 0. The Morgan fingerprint density at radius 2 is 2.00 bits per heavy atom. The highest BCUT2D eigenvalue weighted by Crippen LogP contribution is 2.22. The zero-order valence-electron chi connectivity index (χ0n) is 9.21. The Hall–Kier alpha value is -0.370. The summed E-state index contributed by atoms with van der Waals surface area (Å²) in [7, 11) is 0. The van der Waals surface area contributed by atoms with Crippen LogP contribution in [0.2, 0.25) is 0 Å². The molecule has 0 aliphatic carbocycles. The van der Waals surface area contributed by atoms with E-state index < -0.39 is 0 Å². The Labute approximate surface area is 87.0 Å². The molecule has 0 N–H and O–H groups in total. The molecule has 0 amide bonds. The Morgan fingerprint density at radius 1 is 1.21 bits per heavy atom. The normalized spacial score (nSPS) is 26.6. The smallest absolute Gasteiger partial charge is 0.148 e. The van der Waals surface area contributed by atoms with Crippen molar-refractivity contribution >= 4 is 6.29 Å². The monoisotopic (exact) mass is 198 g/mol. The number of rotatable bonds is 7. The van der Waals surface area contributed by atoms with Gasteiger partial charge in [-0.2, -0.15) is 0 Å². The van der Waals surface area contributed by atoms with Gasteiger partial charge in [-0.25, -0.2) is 0 Å². The Balaban J connectivity index is 1.95. The van der Waals surface area contributed by atoms with Gasteiger partial charge in [-0.1, -0.05) is 39.0 Å². The van der Waals surface area contributed by atoms with Crippen LogP contribution in [0.15, 0.2) is 0 Å². The average Bonchev–Trinajstić information content (AvgIpc) is 2.65. The quantitative estimate of drug-likeness (QED) is 0.464. The van der Waals surface area contributed by atoms with Crippen molar-refractivity contribution in [2.75, 3.05) is 0 Å². The van der Waals surface area contributed by atoms with E-state index in [9.17, 15) is 4.79 Å². The fourth-order valence-corrected chi connectivity index (χ4v) is 2.02. The molecule has 1 aliphatic rings. The fraction of sp³-hybridized carbons (Fsp3) is 0.917. The molecule has 14 heavy (non-hydrogen) atoms. The number of hydrogen-bond donors (Lipinski definition) is 0. The molecular weight excluding hydrogens is 176 g/mol. The first-order valence-electron chi connectivity index (χ1n) is 5.97. The third-order valence-corrected chi connectivity index (χ3v) is 2.92. The molecular formula is C12H22O2. The lowest BCUT2D eigenvalue weighted by Crippen LogP contribution is -2.11. The van der Waals surface area contributed by atoms with Crippen LogP contribution in [0.25, 0.3) is 0 Å². The number of unbranched alkanes of at least 4 members (excludes halogenated alkanes) is 4. The standard InChI is InChI=1S/C12H22O2/c1-2-3-4-5-6-7-11-8-9-12(10-13)14-11/h10-12H,2-9H2,1H3. The molecule has 1 heterocycles. The maximum atomic E-state index is 10.4. The van der Waals surface area contributed by atoms with Crippen molar-refractivity contribution in [3.05, 3.63) is 0 Å². The van der Waals surface area contributed by atoms with Crippen LogP contribution in [0.1, 0.15) is 58.3 Å². The summed E-state index contributed by atoms with van der Waals surface area (Å²) in [6.07, 6.45) is 10.9. The maximum absolute atomic E-state index is 10.4. The van der Waals surface area contributed by atoms with Crippen LogP contribution in [-0.2, 0) is 9.53 Å². The molecule has 0 aromatic rings. The molecule has 0 radical (unpaired) electrons. The van der Waals surface area contributed by atoms with Gasteiger partial charge < -0.3 is 9.53 Å². The second-order valence-corrected chi connectivity index (χ2v) is 4.21. The van der Waals surface area contributed by atoms with Crippen LogP contribution < -0.4 is 0 Å². The van der Waals surface area contributed by atoms with Crippen molar-refractivity contribution in [1.29, 1.82) is 0 Å². The fourth-order valence-electron chi connectivity index (χ4n) is 2.02. The second-order valence-electron chi connectivity index (χ2n) is 4.21. The molecule has 1 saturated heterocycles. The predicted octanol–water partition coefficient (Wildman–Crippen LogP) is 3.09. The Bertz CT molecular complexity index is 156. The molecule has 1 aliphatic heterocycles. The van der Waals surface area contributed by atoms with Crippen LogP contribution in [0.4, 0.5) is 0 Å². The zero-order chi connectivity index (χ0) is 10.2. The van der Waals surface area contributed by atoms with Crippen LogP contribution in [0.5, 0.6) is 0 Å². The number of ether oxygens (including phenoxy) is 1. The largest absolute Gasteiger partial charge is 0.368 e. The van der Waals surface area contributed by atoms with Gasteiger partial charge in [0, 0.05) is 0 Å². The van der Waals surface area contributed by atoms with Gasteiger partial charge in [0.05, 0.1) is 6.10 Å². The van der Waals surface area contributed by atoms with Crippen molar-refractivity contribution in [3.8, 4) is 0 Å². The highest BCUT2D eigenvalue weighted by atomic mass is 16.5. The molecule has 2 atom stereocenters. The predicted molar refractivity (Wildman–Crippen MR) is 57.3 cm³/mol. The first-order chi connectivity index (χ1) is 6.86. The van der Waals surface area contributed by atoms with E-state index in [0.717, 1.165) is 25.5 Å². The first-order valence-corrected chi connectivity index (χ1v) is 5.97. The maximum Gasteiger partial charge on any atom is 0.148 e. The molecule has 2 nitrogen and oxygen atoms in total. The summed E-state index contributed by atoms with van der Waals surface area (Å²) in [4.78, 5) is 10.4. The number of hydrogen-bond acceptors (Lipinski definition) is 2. The van der Waals surface area contributed by atoms with Crippen molar-refractivity contribution in [2.45, 2.75) is 70.5 Å². The molecule has 2 unspecified atom stereocenters. The molecule has 82 valence electrons. The van der Waals surface area contributed by atoms with Crippen molar-refractivity contribution in [2.24, 2.45) is 0 Å². The average molecular weight is 198 g/mol. The third-order valence-electron chi connectivity index (χ3n) is 2.92. The SMILES string of the molecule is CCCCCCCC1CCC(C=O)O1. The van der Waals surface area contributed by atoms with E-state index in [1.165, 1.54) is 32.1 Å². The molecule has 0 aromatic carbocycles. The van der Waals surface area contributed by atoms with Crippen LogP contribution in [0.3, 0.4) is 0 Å². The zero-order valence-corrected chi connectivity index (χ0v) is 9.21. The van der Waals surface area contributed by atoms with Gasteiger partial charge in [-0.15, -0.1) is 0 Å². The molecule has 0 aromatic heterocycles. The van der Waals surface area contributed by atoms with E-state index in [2.05, 4.69) is 6.92 Å². The van der Waals surface area contributed by atoms with E-state index in [1.54, 1.807) is 0 Å². The minimum Gasteiger partial charge on any atom is -0.368 e. The molecule has 0 saturated carbocycles. The van der Waals surface area contributed by atoms with Gasteiger partial charge in [-0.3, -0.25) is 0 Å². The lowest BCUT2D eigenvalue weighted by Gasteiger charge is -2.09. The summed E-state index contributed by atoms with van der Waals surface area (Å²) in [6, 6.07) is 0. The summed E-state index contributed by atoms with van der Waals surface area (Å²) in [5, 5.41) is 0. The molecule has 0 bridgehead atoms. The Kier molecular flexibility index (Phi) is 5.85. The number of carbonyl (C=O) groups is 1. The van der Waals surface area contributed by atoms with Crippen molar-refractivity contribution in [1.82, 2.24) is 0 Å². The van der Waals surface area contributed by atoms with Crippen molar-refractivity contribution in [3.63, 3.8) is 0 Å². The Morgan fingerprint density at radius 3 is 2.64 bits per heavy atom. The van der Waals surface area contributed by atoms with E-state index in [0.29, 0.717) is 6.10 Å². The first kappa shape index (κ1) is 11.7. The summed E-state index contributed by atoms with van der Waals surface area (Å²) in [5.74, 6) is 0. The summed E-state index contributed by atoms with van der Waals surface area (Å²) in [5.41, 5.74) is 0. The van der Waals surface area contributed by atoms with Gasteiger partial charge in [0.1, 0.15) is 12.4 Å². The van der Waals surface area contributed by atoms with E-state index in [4.69, 9.17) is 4.74 Å².